The molecule has 0 heterocycles. The van der Waals surface area contributed by atoms with Gasteiger partial charge in [-0.3, -0.25) is 9.05 Å². The number of nitrogens with one attached hydrogen (secondary N) is 1. The van der Waals surface area contributed by atoms with Gasteiger partial charge in [0.1, 0.15) is 5.60 Å². The highest BCUT2D eigenvalue weighted by atomic mass is 31.2. The van der Waals surface area contributed by atoms with Gasteiger partial charge in [0.05, 0.1) is 13.2 Å². The van der Waals surface area contributed by atoms with Gasteiger partial charge in [0.2, 0.25) is 0 Å². The van der Waals surface area contributed by atoms with Crippen molar-refractivity contribution in [1.29, 1.82) is 0 Å². The molecule has 8 heteroatoms. The summed E-state index contributed by atoms with van der Waals surface area (Å²) in [6, 6.07) is 19.7. The number of hydrogen-bond acceptors (Lipinski definition) is 5. The van der Waals surface area contributed by atoms with Crippen molar-refractivity contribution in [2.75, 3.05) is 19.8 Å². The van der Waals surface area contributed by atoms with Crippen LogP contribution in [0, 0.1) is 0 Å². The van der Waals surface area contributed by atoms with Gasteiger partial charge in [0, 0.05) is 12.5 Å². The van der Waals surface area contributed by atoms with Gasteiger partial charge in [0.25, 0.3) is 0 Å². The van der Waals surface area contributed by atoms with E-state index in [0.717, 1.165) is 49.7 Å². The van der Waals surface area contributed by atoms with Crippen molar-refractivity contribution in [2.24, 2.45) is 0 Å². The lowest BCUT2D eigenvalue weighted by molar-refractivity contribution is 0.0526. The Morgan fingerprint density at radius 2 is 1.23 bits per heavy atom. The Balaban J connectivity index is 1.49. The Labute approximate surface area is 235 Å². The van der Waals surface area contributed by atoms with Crippen LogP contribution in [0.5, 0.6) is 0 Å². The monoisotopic (exact) mass is 561 g/mol. The van der Waals surface area contributed by atoms with Crippen molar-refractivity contribution in [3.8, 4) is 0 Å². The standard InChI is InChI=1S/C31H48NO6P/c1-31(2,3)38-30(33)32-24-18-10-8-6-4-5-7-9-11-19-25-36-39(34,35)37-26-29(27-20-14-12-15-21-27)28-22-16-13-17-23-28/h12-17,20-23,29H,4-11,18-19,24-26H2,1-3H3,(H,32,33)(H,34,35). The number of rotatable bonds is 19. The molecule has 1 amide bonds. The van der Waals surface area contributed by atoms with Gasteiger partial charge in [-0.2, -0.15) is 0 Å². The molecule has 0 saturated heterocycles. The number of alkyl carbamates (subject to hydrolysis) is 1. The number of hydrogen-bond donors (Lipinski definition) is 2. The fourth-order valence-electron chi connectivity index (χ4n) is 4.29. The van der Waals surface area contributed by atoms with Crippen LogP contribution in [0.3, 0.4) is 0 Å². The maximum atomic E-state index is 12.5. The maximum Gasteiger partial charge on any atom is 0.472 e. The molecule has 0 aliphatic heterocycles. The number of phosphoric ester groups is 1. The van der Waals surface area contributed by atoms with Crippen LogP contribution in [-0.2, 0) is 18.3 Å². The molecule has 0 aromatic heterocycles. The summed E-state index contributed by atoms with van der Waals surface area (Å²) in [5.74, 6) is -0.148. The molecule has 0 fully saturated rings. The SMILES string of the molecule is CC(C)(C)OC(=O)NCCCCCCCCCCCCOP(=O)(O)OCC(c1ccccc1)c1ccccc1. The van der Waals surface area contributed by atoms with Crippen LogP contribution in [0.4, 0.5) is 4.79 Å². The highest BCUT2D eigenvalue weighted by Gasteiger charge is 2.24. The summed E-state index contributed by atoms with van der Waals surface area (Å²) in [4.78, 5) is 21.8. The summed E-state index contributed by atoms with van der Waals surface area (Å²) in [5, 5.41) is 2.80. The smallest absolute Gasteiger partial charge is 0.444 e. The van der Waals surface area contributed by atoms with Gasteiger partial charge in [0.15, 0.2) is 0 Å². The third-order valence-electron chi connectivity index (χ3n) is 6.30. The van der Waals surface area contributed by atoms with E-state index in [-0.39, 0.29) is 25.2 Å². The summed E-state index contributed by atoms with van der Waals surface area (Å²) in [7, 11) is -4.11. The van der Waals surface area contributed by atoms with Crippen LogP contribution in [0.15, 0.2) is 60.7 Å². The summed E-state index contributed by atoms with van der Waals surface area (Å²) >= 11 is 0. The Hall–Kier alpha value is -2.18. The van der Waals surface area contributed by atoms with Crippen LogP contribution < -0.4 is 5.32 Å². The fraction of sp³-hybridized carbons (Fsp3) is 0.581. The van der Waals surface area contributed by atoms with Crippen molar-refractivity contribution in [3.63, 3.8) is 0 Å². The third-order valence-corrected chi connectivity index (χ3v) is 7.29. The van der Waals surface area contributed by atoms with E-state index in [1.54, 1.807) is 0 Å². The van der Waals surface area contributed by atoms with Gasteiger partial charge < -0.3 is 14.9 Å². The highest BCUT2D eigenvalue weighted by molar-refractivity contribution is 7.47. The summed E-state index contributed by atoms with van der Waals surface area (Å²) < 4.78 is 28.3. The predicted octanol–water partition coefficient (Wildman–Crippen LogP) is 8.38. The van der Waals surface area contributed by atoms with E-state index in [9.17, 15) is 14.3 Å². The topological polar surface area (TPSA) is 94.1 Å². The van der Waals surface area contributed by atoms with Crippen LogP contribution >= 0.6 is 7.82 Å². The molecule has 0 radical (unpaired) electrons. The number of carbonyl (C=O) groups is 1. The van der Waals surface area contributed by atoms with Crippen LogP contribution in [-0.4, -0.2) is 36.3 Å². The lowest BCUT2D eigenvalue weighted by atomic mass is 9.92. The van der Waals surface area contributed by atoms with Crippen LogP contribution in [0.25, 0.3) is 0 Å². The molecule has 2 aromatic carbocycles. The zero-order valence-electron chi connectivity index (χ0n) is 24.0. The first-order valence-electron chi connectivity index (χ1n) is 14.3. The van der Waals surface area contributed by atoms with Crippen molar-refractivity contribution >= 4 is 13.9 Å². The van der Waals surface area contributed by atoms with Crippen molar-refractivity contribution in [1.82, 2.24) is 5.32 Å². The van der Waals surface area contributed by atoms with E-state index in [2.05, 4.69) is 5.32 Å². The first kappa shape index (κ1) is 33.0. The number of carbonyl (C=O) groups excluding carboxylic acids is 1. The quantitative estimate of drug-likeness (QED) is 0.132. The van der Waals surface area contributed by atoms with E-state index in [4.69, 9.17) is 13.8 Å². The van der Waals surface area contributed by atoms with Crippen molar-refractivity contribution in [2.45, 2.75) is 96.5 Å². The molecule has 0 aliphatic carbocycles. The minimum atomic E-state index is -4.11. The molecule has 0 bridgehead atoms. The number of ether oxygens (including phenoxy) is 1. The van der Waals surface area contributed by atoms with Gasteiger partial charge in [-0.25, -0.2) is 9.36 Å². The molecule has 39 heavy (non-hydrogen) atoms. The van der Waals surface area contributed by atoms with E-state index in [1.807, 2.05) is 81.4 Å². The molecule has 0 saturated carbocycles. The fourth-order valence-corrected chi connectivity index (χ4v) is 5.06. The lowest BCUT2D eigenvalue weighted by Gasteiger charge is -2.20. The minimum Gasteiger partial charge on any atom is -0.444 e. The molecule has 1 atom stereocenters. The Morgan fingerprint density at radius 1 is 0.769 bits per heavy atom. The van der Waals surface area contributed by atoms with Crippen molar-refractivity contribution < 1.29 is 28.0 Å². The third kappa shape index (κ3) is 15.9. The zero-order valence-corrected chi connectivity index (χ0v) is 24.9. The van der Waals surface area contributed by atoms with E-state index < -0.39 is 13.4 Å². The molecule has 2 aromatic rings. The average Bonchev–Trinajstić information content (AvgIpc) is 2.89. The van der Waals surface area contributed by atoms with Crippen molar-refractivity contribution in [3.05, 3.63) is 71.8 Å². The number of phosphoric acid groups is 1. The second-order valence-corrected chi connectivity index (χ2v) is 12.4. The molecular formula is C31H48NO6P. The first-order chi connectivity index (χ1) is 18.7. The van der Waals surface area contributed by atoms with Gasteiger partial charge >= 0.3 is 13.9 Å². The minimum absolute atomic E-state index is 0.0715. The predicted molar refractivity (Wildman–Crippen MR) is 157 cm³/mol. The van der Waals surface area contributed by atoms with Crippen LogP contribution in [0.1, 0.15) is 102 Å². The molecule has 7 nitrogen and oxygen atoms in total. The Bertz CT molecular complexity index is 925. The maximum absolute atomic E-state index is 12.5. The lowest BCUT2D eigenvalue weighted by Crippen LogP contribution is -2.32. The molecule has 218 valence electrons. The van der Waals surface area contributed by atoms with Gasteiger partial charge in [-0.1, -0.05) is 112 Å². The molecule has 2 N–H and O–H groups in total. The second-order valence-electron chi connectivity index (χ2n) is 10.9. The molecular weight excluding hydrogens is 513 g/mol. The largest absolute Gasteiger partial charge is 0.472 e. The second kappa shape index (κ2) is 18.2. The molecule has 2 rings (SSSR count). The molecule has 1 unspecified atom stereocenters. The average molecular weight is 562 g/mol. The summed E-state index contributed by atoms with van der Waals surface area (Å²) in [5.41, 5.74) is 1.60. The normalized spacial score (nSPS) is 13.3. The Morgan fingerprint density at radius 3 is 1.72 bits per heavy atom. The summed E-state index contributed by atoms with van der Waals surface area (Å²) in [6.07, 6.45) is 10.4. The Kier molecular flexibility index (Phi) is 15.4. The summed E-state index contributed by atoms with van der Waals surface area (Å²) in [6.45, 7) is 6.52. The van der Waals surface area contributed by atoms with Gasteiger partial charge in [-0.05, 0) is 44.7 Å². The number of benzene rings is 2. The first-order valence-corrected chi connectivity index (χ1v) is 15.8. The van der Waals surface area contributed by atoms with Crippen LogP contribution in [0.2, 0.25) is 0 Å². The number of unbranched alkanes of at least 4 members (excludes halogenated alkanes) is 9. The number of amides is 1. The molecule has 0 spiro atoms. The molecule has 0 aliphatic rings. The van der Waals surface area contributed by atoms with E-state index >= 15 is 0 Å². The van der Waals surface area contributed by atoms with Gasteiger partial charge in [-0.15, -0.1) is 0 Å². The highest BCUT2D eigenvalue weighted by Crippen LogP contribution is 2.45. The van der Waals surface area contributed by atoms with E-state index in [0.29, 0.717) is 6.54 Å². The van der Waals surface area contributed by atoms with E-state index in [1.165, 1.54) is 25.7 Å². The zero-order chi connectivity index (χ0) is 28.4.